The lowest BCUT2D eigenvalue weighted by Crippen LogP contribution is -2.33. The lowest BCUT2D eigenvalue weighted by Gasteiger charge is -2.27. The third-order valence-electron chi connectivity index (χ3n) is 4.97. The summed E-state index contributed by atoms with van der Waals surface area (Å²) >= 11 is 1.26. The Morgan fingerprint density at radius 3 is 2.62 bits per heavy atom. The van der Waals surface area contributed by atoms with Crippen LogP contribution in [0.25, 0.3) is 23.4 Å². The number of hydrogen-bond acceptors (Lipinski definition) is 6. The molecule has 29 heavy (non-hydrogen) atoms. The zero-order valence-corrected chi connectivity index (χ0v) is 17.3. The van der Waals surface area contributed by atoms with E-state index in [-0.39, 0.29) is 23.8 Å². The van der Waals surface area contributed by atoms with Crippen molar-refractivity contribution in [3.05, 3.63) is 44.8 Å². The summed E-state index contributed by atoms with van der Waals surface area (Å²) in [6, 6.07) is 7.26. The van der Waals surface area contributed by atoms with Gasteiger partial charge < -0.3 is 15.5 Å². The Labute approximate surface area is 172 Å². The topological polar surface area (TPSA) is 106 Å². The number of carbonyl (C=O) groups is 1. The number of benzene rings is 2. The molecular weight excluding hydrogens is 386 g/mol. The van der Waals surface area contributed by atoms with Crippen molar-refractivity contribution in [1.82, 2.24) is 4.98 Å². The average molecular weight is 407 g/mol. The molecule has 0 saturated heterocycles. The first kappa shape index (κ1) is 20.4. The van der Waals surface area contributed by atoms with E-state index in [9.17, 15) is 15.0 Å². The van der Waals surface area contributed by atoms with E-state index in [1.54, 1.807) is 39.0 Å². The quantitative estimate of drug-likeness (QED) is 0.577. The molecule has 1 aromatic heterocycles. The van der Waals surface area contributed by atoms with Crippen LogP contribution in [-0.2, 0) is 10.2 Å². The molecule has 0 aliphatic carbocycles. The van der Waals surface area contributed by atoms with Gasteiger partial charge in [-0.15, -0.1) is 11.3 Å². The third kappa shape index (κ3) is 3.67. The van der Waals surface area contributed by atoms with Gasteiger partial charge in [0.05, 0.1) is 10.2 Å². The van der Waals surface area contributed by atoms with Crippen LogP contribution < -0.4 is 15.8 Å². The van der Waals surface area contributed by atoms with Gasteiger partial charge in [-0.1, -0.05) is 27.0 Å². The maximum Gasteiger partial charge on any atom is 0.225 e. The van der Waals surface area contributed by atoms with Crippen molar-refractivity contribution >= 4 is 46.3 Å². The average Bonchev–Trinajstić information content (AvgIpc) is 3.06. The number of hydrogen-bond donors (Lipinski definition) is 3. The van der Waals surface area contributed by atoms with Crippen LogP contribution in [0.4, 0.5) is 5.69 Å². The number of aromatic hydroxyl groups is 2. The molecule has 6 nitrogen and oxygen atoms in total. The molecule has 1 amide bonds. The number of rotatable bonds is 4. The van der Waals surface area contributed by atoms with Crippen molar-refractivity contribution in [2.75, 3.05) is 5.32 Å². The fraction of sp³-hybridized carbons (Fsp3) is 0.227. The van der Waals surface area contributed by atoms with Crippen LogP contribution in [0.3, 0.4) is 0 Å². The van der Waals surface area contributed by atoms with Crippen LogP contribution in [0.2, 0.25) is 0 Å². The number of phenols is 2. The highest BCUT2D eigenvalue weighted by Gasteiger charge is 2.30. The number of nitrogens with one attached hydrogen (secondary N) is 1. The lowest BCUT2D eigenvalue weighted by molar-refractivity contribution is -0.117. The van der Waals surface area contributed by atoms with Crippen LogP contribution in [0.1, 0.15) is 36.4 Å². The fourth-order valence-corrected chi connectivity index (χ4v) is 4.24. The second-order valence-corrected chi connectivity index (χ2v) is 8.61. The summed E-state index contributed by atoms with van der Waals surface area (Å²) in [5, 5.41) is 33.7. The first-order valence-electron chi connectivity index (χ1n) is 8.88. The molecule has 0 saturated carbocycles. The first-order chi connectivity index (χ1) is 13.5. The summed E-state index contributed by atoms with van der Waals surface area (Å²) < 4.78 is 0.807. The van der Waals surface area contributed by atoms with Crippen molar-refractivity contribution in [2.24, 2.45) is 0 Å². The largest absolute Gasteiger partial charge is 0.507 e. The lowest BCUT2D eigenvalue weighted by atomic mass is 9.78. The summed E-state index contributed by atoms with van der Waals surface area (Å²) in [5.74, 6) is -0.345. The van der Waals surface area contributed by atoms with Crippen LogP contribution in [0.15, 0.2) is 18.2 Å². The highest BCUT2D eigenvalue weighted by atomic mass is 32.1. The summed E-state index contributed by atoms with van der Waals surface area (Å²) in [4.78, 5) is 16.9. The van der Waals surface area contributed by atoms with Gasteiger partial charge >= 0.3 is 0 Å². The van der Waals surface area contributed by atoms with Gasteiger partial charge in [0.25, 0.3) is 0 Å². The van der Waals surface area contributed by atoms with Gasteiger partial charge in [-0.3, -0.25) is 4.79 Å². The Balaban J connectivity index is 1.88. The Kier molecular flexibility index (Phi) is 5.07. The molecule has 2 aromatic carbocycles. The maximum atomic E-state index is 12.7. The van der Waals surface area contributed by atoms with E-state index in [0.29, 0.717) is 37.8 Å². The maximum absolute atomic E-state index is 12.7. The van der Waals surface area contributed by atoms with Crippen molar-refractivity contribution in [1.29, 1.82) is 5.26 Å². The fourth-order valence-electron chi connectivity index (χ4n) is 3.43. The Morgan fingerprint density at radius 1 is 1.28 bits per heavy atom. The molecule has 7 heteroatoms. The molecule has 0 aliphatic rings. The molecule has 0 fully saturated rings. The number of anilines is 1. The smallest absolute Gasteiger partial charge is 0.225 e. The minimum atomic E-state index is -0.800. The van der Waals surface area contributed by atoms with Crippen LogP contribution >= 0.6 is 11.3 Å². The number of aromatic nitrogens is 1. The zero-order valence-electron chi connectivity index (χ0n) is 16.5. The number of thiazole rings is 1. The van der Waals surface area contributed by atoms with Gasteiger partial charge in [-0.25, -0.2) is 4.98 Å². The molecule has 1 heterocycles. The van der Waals surface area contributed by atoms with E-state index in [0.717, 1.165) is 4.70 Å². The van der Waals surface area contributed by atoms with Gasteiger partial charge in [0.1, 0.15) is 17.6 Å². The number of fused-ring (bicyclic) bond motifs is 1. The number of amides is 1. The van der Waals surface area contributed by atoms with Gasteiger partial charge in [-0.05, 0) is 25.1 Å². The number of carbonyl (C=O) groups excluding carboxylic acids is 1. The zero-order chi connectivity index (χ0) is 21.5. The Bertz CT molecular complexity index is 1290. The van der Waals surface area contributed by atoms with Crippen LogP contribution in [0.5, 0.6) is 11.5 Å². The van der Waals surface area contributed by atoms with Crippen LogP contribution in [-0.4, -0.2) is 21.1 Å². The predicted octanol–water partition coefficient (Wildman–Crippen LogP) is 3.01. The molecule has 0 unspecified atom stereocenters. The summed E-state index contributed by atoms with van der Waals surface area (Å²) in [6.07, 6.45) is 0.0508. The second-order valence-electron chi connectivity index (χ2n) is 7.58. The molecular formula is C22H21N3O3S. The van der Waals surface area contributed by atoms with Gasteiger partial charge in [0, 0.05) is 39.1 Å². The van der Waals surface area contributed by atoms with Crippen molar-refractivity contribution in [3.63, 3.8) is 0 Å². The van der Waals surface area contributed by atoms with E-state index in [1.807, 2.05) is 6.07 Å². The third-order valence-corrected chi connectivity index (χ3v) is 5.89. The minimum absolute atomic E-state index is 0.0276. The van der Waals surface area contributed by atoms with Crippen molar-refractivity contribution < 1.29 is 15.0 Å². The highest BCUT2D eigenvalue weighted by molar-refractivity contribution is 7.19. The van der Waals surface area contributed by atoms with E-state index < -0.39 is 5.41 Å². The monoisotopic (exact) mass is 407 g/mol. The molecule has 3 rings (SSSR count). The molecule has 3 aromatic rings. The molecule has 3 N–H and O–H groups in total. The number of nitriles is 1. The highest BCUT2D eigenvalue weighted by Crippen LogP contribution is 2.32. The summed E-state index contributed by atoms with van der Waals surface area (Å²) in [6.45, 7) is 13.0. The number of phenolic OH excluding ortho intramolecular Hbond substituents is 2. The van der Waals surface area contributed by atoms with Gasteiger partial charge in [0.15, 0.2) is 5.01 Å². The van der Waals surface area contributed by atoms with E-state index in [2.05, 4.69) is 23.5 Å². The first-order valence-corrected chi connectivity index (χ1v) is 9.70. The Morgan fingerprint density at radius 2 is 1.97 bits per heavy atom. The van der Waals surface area contributed by atoms with E-state index in [1.165, 1.54) is 11.3 Å². The molecule has 148 valence electrons. The minimum Gasteiger partial charge on any atom is -0.507 e. The predicted molar refractivity (Wildman–Crippen MR) is 115 cm³/mol. The van der Waals surface area contributed by atoms with Gasteiger partial charge in [-0.2, -0.15) is 5.26 Å². The normalized spacial score (nSPS) is 11.4. The molecule has 0 spiro atoms. The second kappa shape index (κ2) is 7.22. The molecule has 0 bridgehead atoms. The van der Waals surface area contributed by atoms with Crippen molar-refractivity contribution in [2.45, 2.75) is 32.6 Å². The summed E-state index contributed by atoms with van der Waals surface area (Å²) in [5.41, 5.74) is 1.36. The van der Waals surface area contributed by atoms with Crippen LogP contribution in [0, 0.1) is 18.3 Å². The van der Waals surface area contributed by atoms with Gasteiger partial charge in [0.2, 0.25) is 5.91 Å². The standard InChI is InChI=1S/C22H21N3O3S/c1-11-12(2)21(28)19(13(3)20(11)27)22(4,5)9-17(26)24-14-6-7-15-16(8-14)29-18(10-23)25-15/h6-8,27-28H,2-3,9H2,1,4-5H3,(H,24,26). The summed E-state index contributed by atoms with van der Waals surface area (Å²) in [7, 11) is 0. The van der Waals surface area contributed by atoms with E-state index >= 15 is 0 Å². The van der Waals surface area contributed by atoms with Crippen molar-refractivity contribution in [3.8, 4) is 17.6 Å². The SMILES string of the molecule is C=c1c(C)c(O)c(=C)c(C(C)(C)CC(=O)Nc2ccc3nc(C#N)sc3c2)c1O. The van der Waals surface area contributed by atoms with E-state index in [4.69, 9.17) is 5.26 Å². The molecule has 0 aliphatic heterocycles. The Hall–Kier alpha value is -3.37. The molecule has 0 atom stereocenters. The molecule has 0 radical (unpaired) electrons. The number of nitrogens with zero attached hydrogens (tertiary/aromatic N) is 2.